The first-order chi connectivity index (χ1) is 14.9. The van der Waals surface area contributed by atoms with Crippen LogP contribution in [0.1, 0.15) is 15.9 Å². The number of carbonyl (C=O) groups is 2. The number of amides is 1. The van der Waals surface area contributed by atoms with Gasteiger partial charge in [-0.05, 0) is 66.2 Å². The molecule has 0 spiro atoms. The van der Waals surface area contributed by atoms with Gasteiger partial charge in [0, 0.05) is 10.2 Å². The van der Waals surface area contributed by atoms with Gasteiger partial charge in [-0.2, -0.15) is 5.26 Å². The number of nitriles is 1. The van der Waals surface area contributed by atoms with Crippen molar-refractivity contribution in [3.05, 3.63) is 97.9 Å². The van der Waals surface area contributed by atoms with E-state index in [4.69, 9.17) is 27.9 Å². The summed E-state index contributed by atoms with van der Waals surface area (Å²) in [5, 5.41) is 12.6. The van der Waals surface area contributed by atoms with Crippen LogP contribution in [0.5, 0.6) is 5.75 Å². The first kappa shape index (κ1) is 22.6. The Bertz CT molecular complexity index is 1200. The third-order valence-corrected chi connectivity index (χ3v) is 5.29. The number of nitrogens with one attached hydrogen (secondary N) is 1. The summed E-state index contributed by atoms with van der Waals surface area (Å²) in [4.78, 5) is 24.6. The number of halogens is 3. The zero-order valence-corrected chi connectivity index (χ0v) is 18.8. The van der Waals surface area contributed by atoms with E-state index in [-0.39, 0.29) is 10.6 Å². The maximum absolute atomic E-state index is 12.4. The van der Waals surface area contributed by atoms with Gasteiger partial charge in [-0.15, -0.1) is 0 Å². The van der Waals surface area contributed by atoms with Crippen LogP contribution in [0.25, 0.3) is 6.08 Å². The molecule has 0 unspecified atom stereocenters. The number of hydrogen-bond donors (Lipinski definition) is 1. The van der Waals surface area contributed by atoms with Gasteiger partial charge in [0.2, 0.25) is 0 Å². The molecule has 0 fully saturated rings. The van der Waals surface area contributed by atoms with Crippen molar-refractivity contribution in [3.8, 4) is 11.8 Å². The Balaban J connectivity index is 1.69. The van der Waals surface area contributed by atoms with E-state index >= 15 is 0 Å². The highest BCUT2D eigenvalue weighted by Crippen LogP contribution is 2.25. The second kappa shape index (κ2) is 10.3. The normalized spacial score (nSPS) is 10.8. The molecule has 5 nitrogen and oxygen atoms in total. The number of esters is 1. The van der Waals surface area contributed by atoms with E-state index < -0.39 is 11.9 Å². The van der Waals surface area contributed by atoms with Gasteiger partial charge in [-0.25, -0.2) is 4.79 Å². The van der Waals surface area contributed by atoms with Gasteiger partial charge in [-0.1, -0.05) is 51.3 Å². The van der Waals surface area contributed by atoms with E-state index in [1.165, 1.54) is 12.1 Å². The first-order valence-electron chi connectivity index (χ1n) is 8.82. The van der Waals surface area contributed by atoms with E-state index in [0.29, 0.717) is 27.6 Å². The molecule has 0 saturated carbocycles. The predicted octanol–water partition coefficient (Wildman–Crippen LogP) is 6.52. The zero-order valence-electron chi connectivity index (χ0n) is 15.7. The van der Waals surface area contributed by atoms with Crippen LogP contribution in [0.15, 0.2) is 76.8 Å². The van der Waals surface area contributed by atoms with E-state index in [9.17, 15) is 14.9 Å². The summed E-state index contributed by atoms with van der Waals surface area (Å²) in [6.45, 7) is 0. The lowest BCUT2D eigenvalue weighted by atomic mass is 10.1. The number of rotatable bonds is 5. The zero-order chi connectivity index (χ0) is 22.4. The minimum Gasteiger partial charge on any atom is -0.423 e. The molecule has 3 rings (SSSR count). The maximum Gasteiger partial charge on any atom is 0.343 e. The molecule has 0 saturated heterocycles. The summed E-state index contributed by atoms with van der Waals surface area (Å²) in [6.07, 6.45) is 1.42. The summed E-state index contributed by atoms with van der Waals surface area (Å²) < 4.78 is 6.19. The molecule has 3 aromatic carbocycles. The molecule has 154 valence electrons. The second-order valence-electron chi connectivity index (χ2n) is 6.22. The van der Waals surface area contributed by atoms with Crippen molar-refractivity contribution < 1.29 is 14.3 Å². The molecule has 0 aliphatic carbocycles. The van der Waals surface area contributed by atoms with Crippen LogP contribution in [0.3, 0.4) is 0 Å². The lowest BCUT2D eigenvalue weighted by Gasteiger charge is -2.06. The predicted molar refractivity (Wildman–Crippen MR) is 124 cm³/mol. The maximum atomic E-state index is 12.4. The topological polar surface area (TPSA) is 79.2 Å². The minimum absolute atomic E-state index is 0.106. The summed E-state index contributed by atoms with van der Waals surface area (Å²) in [6, 6.07) is 19.7. The summed E-state index contributed by atoms with van der Waals surface area (Å²) in [5.74, 6) is -0.745. The molecule has 0 bridgehead atoms. The average molecular weight is 516 g/mol. The number of nitrogens with zero attached hydrogens (tertiary/aromatic N) is 1. The molecule has 8 heteroatoms. The van der Waals surface area contributed by atoms with E-state index in [1.807, 2.05) is 6.07 Å². The molecule has 0 radical (unpaired) electrons. The molecule has 0 aromatic heterocycles. The molecule has 3 aromatic rings. The summed E-state index contributed by atoms with van der Waals surface area (Å²) in [7, 11) is 0. The van der Waals surface area contributed by atoms with Crippen LogP contribution in [0.4, 0.5) is 5.69 Å². The standard InChI is InChI=1S/C23H13BrCl2N2O3/c24-17-5-3-15(4-6-17)23(30)31-19-8-1-14(2-9-19)11-16(13-27)22(29)28-18-7-10-20(25)21(26)12-18/h1-12H,(H,28,29)/b16-11+. The molecular weight excluding hydrogens is 503 g/mol. The number of hydrogen-bond acceptors (Lipinski definition) is 4. The minimum atomic E-state index is -0.591. The van der Waals surface area contributed by atoms with Gasteiger partial charge in [0.1, 0.15) is 17.4 Å². The van der Waals surface area contributed by atoms with Crippen LogP contribution >= 0.6 is 39.1 Å². The Hall–Kier alpha value is -3.11. The van der Waals surface area contributed by atoms with Crippen molar-refractivity contribution in [2.75, 3.05) is 5.32 Å². The van der Waals surface area contributed by atoms with Gasteiger partial charge in [0.05, 0.1) is 15.6 Å². The Morgan fingerprint density at radius 2 is 1.65 bits per heavy atom. The third kappa shape index (κ3) is 6.19. The van der Waals surface area contributed by atoms with E-state index in [0.717, 1.165) is 4.47 Å². The smallest absolute Gasteiger partial charge is 0.343 e. The highest BCUT2D eigenvalue weighted by molar-refractivity contribution is 9.10. The van der Waals surface area contributed by atoms with Crippen molar-refractivity contribution in [2.24, 2.45) is 0 Å². The second-order valence-corrected chi connectivity index (χ2v) is 7.95. The van der Waals surface area contributed by atoms with Crippen LogP contribution in [0.2, 0.25) is 10.0 Å². The SMILES string of the molecule is N#C/C(=C\c1ccc(OC(=O)c2ccc(Br)cc2)cc1)C(=O)Nc1ccc(Cl)c(Cl)c1. The summed E-state index contributed by atoms with van der Waals surface area (Å²) >= 11 is 15.1. The number of carbonyl (C=O) groups excluding carboxylic acids is 2. The molecule has 31 heavy (non-hydrogen) atoms. The van der Waals surface area contributed by atoms with Crippen LogP contribution < -0.4 is 10.1 Å². The van der Waals surface area contributed by atoms with Gasteiger partial charge >= 0.3 is 5.97 Å². The average Bonchev–Trinajstić information content (AvgIpc) is 2.76. The van der Waals surface area contributed by atoms with Gasteiger partial charge in [-0.3, -0.25) is 4.79 Å². The number of anilines is 1. The van der Waals surface area contributed by atoms with E-state index in [2.05, 4.69) is 21.2 Å². The fraction of sp³-hybridized carbons (Fsp3) is 0. The van der Waals surface area contributed by atoms with Gasteiger partial charge < -0.3 is 10.1 Å². The monoisotopic (exact) mass is 514 g/mol. The van der Waals surface area contributed by atoms with Crippen molar-refractivity contribution in [2.45, 2.75) is 0 Å². The lowest BCUT2D eigenvalue weighted by Crippen LogP contribution is -2.13. The van der Waals surface area contributed by atoms with Crippen LogP contribution in [0, 0.1) is 11.3 Å². The fourth-order valence-electron chi connectivity index (χ4n) is 2.47. The Labute approximate surface area is 197 Å². The Kier molecular flexibility index (Phi) is 7.48. The molecule has 1 N–H and O–H groups in total. The van der Waals surface area contributed by atoms with Crippen LogP contribution in [-0.4, -0.2) is 11.9 Å². The quantitative estimate of drug-likeness (QED) is 0.181. The van der Waals surface area contributed by atoms with Gasteiger partial charge in [0.25, 0.3) is 5.91 Å². The molecule has 0 aliphatic heterocycles. The summed E-state index contributed by atoms with van der Waals surface area (Å²) in [5.41, 5.74) is 1.31. The number of benzene rings is 3. The largest absolute Gasteiger partial charge is 0.423 e. The first-order valence-corrected chi connectivity index (χ1v) is 10.4. The van der Waals surface area contributed by atoms with Crippen molar-refractivity contribution >= 4 is 62.8 Å². The third-order valence-electron chi connectivity index (χ3n) is 4.02. The number of ether oxygens (including phenoxy) is 1. The highest BCUT2D eigenvalue weighted by atomic mass is 79.9. The van der Waals surface area contributed by atoms with Crippen molar-refractivity contribution in [1.29, 1.82) is 5.26 Å². The van der Waals surface area contributed by atoms with Gasteiger partial charge in [0.15, 0.2) is 0 Å². The Morgan fingerprint density at radius 1 is 0.968 bits per heavy atom. The van der Waals surface area contributed by atoms with Crippen molar-refractivity contribution in [1.82, 2.24) is 0 Å². The van der Waals surface area contributed by atoms with Crippen LogP contribution in [-0.2, 0) is 4.79 Å². The Morgan fingerprint density at radius 3 is 2.26 bits per heavy atom. The molecular formula is C23H13BrCl2N2O3. The highest BCUT2D eigenvalue weighted by Gasteiger charge is 2.11. The van der Waals surface area contributed by atoms with Crippen molar-refractivity contribution in [3.63, 3.8) is 0 Å². The molecule has 0 atom stereocenters. The lowest BCUT2D eigenvalue weighted by molar-refractivity contribution is -0.112. The fourth-order valence-corrected chi connectivity index (χ4v) is 3.03. The molecule has 1 amide bonds. The van der Waals surface area contributed by atoms with E-state index in [1.54, 1.807) is 60.7 Å². The molecule has 0 aliphatic rings. The molecule has 0 heterocycles.